The highest BCUT2D eigenvalue weighted by Gasteiger charge is 2.29. The summed E-state index contributed by atoms with van der Waals surface area (Å²) >= 11 is 0. The van der Waals surface area contributed by atoms with E-state index < -0.39 is 5.82 Å². The van der Waals surface area contributed by atoms with Crippen LogP contribution in [0.4, 0.5) is 4.39 Å². The average Bonchev–Trinajstić information content (AvgIpc) is 3.44. The van der Waals surface area contributed by atoms with Crippen molar-refractivity contribution in [2.45, 2.75) is 44.8 Å². The zero-order chi connectivity index (χ0) is 25.5. The largest absolute Gasteiger partial charge is 0.467 e. The van der Waals surface area contributed by atoms with Crippen LogP contribution in [0.5, 0.6) is 11.8 Å². The van der Waals surface area contributed by atoms with E-state index in [-0.39, 0.29) is 12.6 Å². The van der Waals surface area contributed by atoms with Crippen LogP contribution in [0.15, 0.2) is 48.5 Å². The second-order valence-corrected chi connectivity index (χ2v) is 9.30. The normalized spacial score (nSPS) is 18.5. The number of nitrogens with zero attached hydrogens (tertiary/aromatic N) is 6. The van der Waals surface area contributed by atoms with Crippen molar-refractivity contribution in [2.24, 2.45) is 0 Å². The second-order valence-electron chi connectivity index (χ2n) is 9.30. The number of ether oxygens (including phenoxy) is 2. The Morgan fingerprint density at radius 1 is 1.19 bits per heavy atom. The van der Waals surface area contributed by atoms with Crippen molar-refractivity contribution >= 4 is 11.2 Å². The summed E-state index contributed by atoms with van der Waals surface area (Å²) in [6.07, 6.45) is 8.23. The van der Waals surface area contributed by atoms with E-state index in [9.17, 15) is 5.26 Å². The number of aryl methyl sites for hydroxylation is 1. The summed E-state index contributed by atoms with van der Waals surface area (Å²) in [7, 11) is 1.49. The summed E-state index contributed by atoms with van der Waals surface area (Å²) in [5.74, 6) is 1.45. The average molecular weight is 498 g/mol. The minimum absolute atomic E-state index is 0.144. The number of hydrogen-bond donors (Lipinski definition) is 1. The Kier molecular flexibility index (Phi) is 5.77. The fraction of sp³-hybridized carbons (Fsp3) is 0.296. The van der Waals surface area contributed by atoms with Gasteiger partial charge in [0.25, 0.3) is 0 Å². The third-order valence-electron chi connectivity index (χ3n) is 6.77. The summed E-state index contributed by atoms with van der Waals surface area (Å²) < 4.78 is 28.5. The van der Waals surface area contributed by atoms with E-state index in [1.807, 2.05) is 6.92 Å². The van der Waals surface area contributed by atoms with Gasteiger partial charge >= 0.3 is 6.01 Å². The lowest BCUT2D eigenvalue weighted by atomic mass is 10.1. The molecule has 6 rings (SSSR count). The zero-order valence-electron chi connectivity index (χ0n) is 20.4. The fourth-order valence-electron chi connectivity index (χ4n) is 4.99. The van der Waals surface area contributed by atoms with Crippen LogP contribution in [0.2, 0.25) is 0 Å². The van der Waals surface area contributed by atoms with Crippen LogP contribution in [-0.2, 0) is 6.54 Å². The molecule has 0 spiro atoms. The summed E-state index contributed by atoms with van der Waals surface area (Å²) in [5, 5.41) is 12.9. The number of aromatic nitrogens is 5. The summed E-state index contributed by atoms with van der Waals surface area (Å²) in [4.78, 5) is 17.8. The molecule has 2 aliphatic rings. The Morgan fingerprint density at radius 2 is 2.08 bits per heavy atom. The number of methoxy groups -OCH3 is 1. The van der Waals surface area contributed by atoms with Crippen molar-refractivity contribution in [1.29, 1.82) is 5.26 Å². The first-order valence-electron chi connectivity index (χ1n) is 12.1. The van der Waals surface area contributed by atoms with Crippen LogP contribution < -0.4 is 14.8 Å². The summed E-state index contributed by atoms with van der Waals surface area (Å²) in [6.45, 7) is 1.96. The van der Waals surface area contributed by atoms with Crippen LogP contribution in [-0.4, -0.2) is 43.7 Å². The number of imidazole rings is 1. The number of nitriles is 1. The monoisotopic (exact) mass is 497 g/mol. The maximum atomic E-state index is 15.4. The van der Waals surface area contributed by atoms with Gasteiger partial charge in [-0.2, -0.15) is 15.2 Å². The van der Waals surface area contributed by atoms with Crippen molar-refractivity contribution in [2.75, 3.05) is 7.11 Å². The van der Waals surface area contributed by atoms with Gasteiger partial charge in [0.15, 0.2) is 5.65 Å². The van der Waals surface area contributed by atoms with Crippen molar-refractivity contribution in [1.82, 2.24) is 29.8 Å². The molecule has 0 aliphatic carbocycles. The van der Waals surface area contributed by atoms with Gasteiger partial charge in [-0.25, -0.2) is 9.37 Å². The minimum atomic E-state index is -0.399. The van der Waals surface area contributed by atoms with E-state index in [1.54, 1.807) is 29.0 Å². The second kappa shape index (κ2) is 9.26. The van der Waals surface area contributed by atoms with E-state index in [1.165, 1.54) is 19.4 Å². The first-order valence-corrected chi connectivity index (χ1v) is 12.1. The number of rotatable bonds is 6. The van der Waals surface area contributed by atoms with Gasteiger partial charge in [0.1, 0.15) is 34.7 Å². The van der Waals surface area contributed by atoms with Crippen LogP contribution in [0.3, 0.4) is 0 Å². The molecule has 2 atom stereocenters. The van der Waals surface area contributed by atoms with Crippen molar-refractivity contribution in [3.8, 4) is 29.2 Å². The van der Waals surface area contributed by atoms with Gasteiger partial charge < -0.3 is 19.4 Å². The van der Waals surface area contributed by atoms with Gasteiger partial charge in [0, 0.05) is 48.1 Å². The SMILES string of the molecule is COc1nc(C)c2nc(-c3cncc(C#N)c3)n(Cc3ccc(OC4=C[C@@H]5CC[C@H](C4)N5)cc3F)c2n1. The van der Waals surface area contributed by atoms with Gasteiger partial charge in [-0.05, 0) is 38.0 Å². The molecule has 2 bridgehead atoms. The molecule has 5 heterocycles. The molecule has 186 valence electrons. The van der Waals surface area contributed by atoms with Gasteiger partial charge in [-0.3, -0.25) is 4.98 Å². The number of fused-ring (bicyclic) bond motifs is 3. The lowest BCUT2D eigenvalue weighted by molar-refractivity contribution is 0.360. The summed E-state index contributed by atoms with van der Waals surface area (Å²) in [5.41, 5.74) is 3.13. The minimum Gasteiger partial charge on any atom is -0.467 e. The highest BCUT2D eigenvalue weighted by atomic mass is 19.1. The molecule has 0 unspecified atom stereocenters. The standard InChI is InChI=1S/C27H24FN7O2/c1-15-24-26(34-27(31-15)36-2)35(25(33-24)18-7-16(11-29)12-30-13-18)14-17-3-6-21(10-23(17)28)37-22-8-19-4-5-20(9-22)32-19/h3,6-8,10,12-13,19-20,32H,4-5,9,14H2,1-2H3/t19-,20+/m0/s1. The van der Waals surface area contributed by atoms with Crippen molar-refractivity contribution < 1.29 is 13.9 Å². The highest BCUT2D eigenvalue weighted by Crippen LogP contribution is 2.31. The Morgan fingerprint density at radius 3 is 2.86 bits per heavy atom. The lowest BCUT2D eigenvalue weighted by Crippen LogP contribution is -2.33. The van der Waals surface area contributed by atoms with Gasteiger partial charge in [0.2, 0.25) is 0 Å². The van der Waals surface area contributed by atoms with Crippen LogP contribution in [0.25, 0.3) is 22.6 Å². The van der Waals surface area contributed by atoms with Crippen molar-refractivity contribution in [3.05, 3.63) is 71.1 Å². The van der Waals surface area contributed by atoms with Crippen LogP contribution in [0, 0.1) is 24.1 Å². The molecule has 9 nitrogen and oxygen atoms in total. The molecule has 10 heteroatoms. The van der Waals surface area contributed by atoms with Gasteiger partial charge in [0.05, 0.1) is 24.9 Å². The van der Waals surface area contributed by atoms with E-state index >= 15 is 4.39 Å². The number of nitrogens with one attached hydrogen (secondary N) is 1. The smallest absolute Gasteiger partial charge is 0.318 e. The van der Waals surface area contributed by atoms with Crippen LogP contribution >= 0.6 is 0 Å². The molecular weight excluding hydrogens is 473 g/mol. The van der Waals surface area contributed by atoms with Crippen molar-refractivity contribution in [3.63, 3.8) is 0 Å². The number of pyridine rings is 1. The molecule has 1 aromatic carbocycles. The quantitative estimate of drug-likeness (QED) is 0.425. The molecule has 0 amide bonds. The van der Waals surface area contributed by atoms with E-state index in [0.29, 0.717) is 57.2 Å². The zero-order valence-corrected chi connectivity index (χ0v) is 20.4. The molecule has 2 aliphatic heterocycles. The van der Waals surface area contributed by atoms with Gasteiger partial charge in [-0.15, -0.1) is 0 Å². The van der Waals surface area contributed by atoms with E-state index in [4.69, 9.17) is 14.5 Å². The lowest BCUT2D eigenvalue weighted by Gasteiger charge is -2.21. The predicted octanol–water partition coefficient (Wildman–Crippen LogP) is 4.05. The molecule has 37 heavy (non-hydrogen) atoms. The molecule has 1 fully saturated rings. The van der Waals surface area contributed by atoms with E-state index in [0.717, 1.165) is 25.0 Å². The maximum absolute atomic E-state index is 15.4. The molecule has 3 aromatic heterocycles. The number of hydrogen-bond acceptors (Lipinski definition) is 8. The van der Waals surface area contributed by atoms with Crippen LogP contribution in [0.1, 0.15) is 36.1 Å². The van der Waals surface area contributed by atoms with E-state index in [2.05, 4.69) is 32.4 Å². The Bertz CT molecular complexity index is 1590. The highest BCUT2D eigenvalue weighted by molar-refractivity contribution is 5.79. The molecule has 0 radical (unpaired) electrons. The number of benzene rings is 1. The first kappa shape index (κ1) is 23.1. The molecule has 0 saturated carbocycles. The molecule has 4 aromatic rings. The molecule has 1 saturated heterocycles. The number of halogens is 1. The molecule has 1 N–H and O–H groups in total. The third kappa shape index (κ3) is 4.38. The first-order chi connectivity index (χ1) is 18.0. The Balaban J connectivity index is 1.38. The Hall–Kier alpha value is -4.36. The summed E-state index contributed by atoms with van der Waals surface area (Å²) in [6, 6.07) is 9.65. The maximum Gasteiger partial charge on any atom is 0.318 e. The third-order valence-corrected chi connectivity index (χ3v) is 6.77. The topological polar surface area (TPSA) is 111 Å². The molecular formula is C27H24FN7O2. The Labute approximate surface area is 212 Å². The predicted molar refractivity (Wildman–Crippen MR) is 133 cm³/mol. The van der Waals surface area contributed by atoms with Gasteiger partial charge in [-0.1, -0.05) is 6.07 Å². The fourth-order valence-corrected chi connectivity index (χ4v) is 4.99.